The van der Waals surface area contributed by atoms with Crippen molar-refractivity contribution < 1.29 is 20.9 Å². The van der Waals surface area contributed by atoms with Crippen LogP contribution in [0.3, 0.4) is 0 Å². The lowest BCUT2D eigenvalue weighted by atomic mass is 10.0. The molecular formula is C19H26N2O4. The van der Waals surface area contributed by atoms with Crippen molar-refractivity contribution in [2.24, 2.45) is 0 Å². The third-order valence-electron chi connectivity index (χ3n) is 4.23. The van der Waals surface area contributed by atoms with Crippen LogP contribution in [0, 0.1) is 0 Å². The van der Waals surface area contributed by atoms with E-state index < -0.39 is 11.4 Å². The van der Waals surface area contributed by atoms with Crippen molar-refractivity contribution in [1.82, 2.24) is 10.8 Å². The first-order valence-electron chi connectivity index (χ1n) is 9.14. The highest BCUT2D eigenvalue weighted by molar-refractivity contribution is 5.90. The van der Waals surface area contributed by atoms with Crippen LogP contribution < -0.4 is 10.8 Å². The van der Waals surface area contributed by atoms with Crippen molar-refractivity contribution in [3.63, 3.8) is 0 Å². The first kappa shape index (κ1) is 17.6. The van der Waals surface area contributed by atoms with Crippen LogP contribution >= 0.6 is 0 Å². The van der Waals surface area contributed by atoms with E-state index in [9.17, 15) is 9.59 Å². The fourth-order valence-electron chi connectivity index (χ4n) is 2.61. The van der Waals surface area contributed by atoms with Gasteiger partial charge >= 0.3 is 5.97 Å². The van der Waals surface area contributed by atoms with Gasteiger partial charge < -0.3 is 4.74 Å². The van der Waals surface area contributed by atoms with E-state index in [-0.39, 0.29) is 19.0 Å². The highest BCUT2D eigenvalue weighted by atomic mass is 16.5. The summed E-state index contributed by atoms with van der Waals surface area (Å²) in [5.74, 6) is -0.961. The summed E-state index contributed by atoms with van der Waals surface area (Å²) in [6.07, 6.45) is 6.77. The molecule has 0 radical (unpaired) electrons. The fourth-order valence-corrected chi connectivity index (χ4v) is 2.61. The molecular weight excluding hydrogens is 320 g/mol. The van der Waals surface area contributed by atoms with E-state index in [1.165, 1.54) is 11.6 Å². The molecule has 136 valence electrons. The molecule has 1 aliphatic carbocycles. The van der Waals surface area contributed by atoms with Crippen LogP contribution in [0.1, 0.15) is 52.0 Å². The van der Waals surface area contributed by atoms with E-state index >= 15 is 0 Å². The average molecular weight is 347 g/mol. The smallest absolute Gasteiger partial charge is 0.326 e. The normalized spacial score (nSPS) is 17.9. The number of esters is 1. The van der Waals surface area contributed by atoms with E-state index in [0.29, 0.717) is 6.54 Å². The number of hydrogen-bond donors (Lipinski definition) is 3. The molecule has 6 nitrogen and oxygen atoms in total. The molecule has 0 aromatic heterocycles. The summed E-state index contributed by atoms with van der Waals surface area (Å²) < 4.78 is 13.3. The average Bonchev–Trinajstić information content (AvgIpc) is 3.17. The van der Waals surface area contributed by atoms with Crippen molar-refractivity contribution in [2.75, 3.05) is 0 Å². The molecule has 6 heteroatoms. The van der Waals surface area contributed by atoms with Gasteiger partial charge in [-0.2, -0.15) is 0 Å². The Kier molecular flexibility index (Phi) is 6.19. The quantitative estimate of drug-likeness (QED) is 0.305. The summed E-state index contributed by atoms with van der Waals surface area (Å²) in [6.45, 7) is 2.02. The van der Waals surface area contributed by atoms with Crippen LogP contribution in [0.2, 0.25) is 0 Å². The lowest BCUT2D eigenvalue weighted by Gasteiger charge is -2.26. The zero-order valence-corrected chi connectivity index (χ0v) is 14.5. The van der Waals surface area contributed by atoms with E-state index in [1.54, 1.807) is 13.0 Å². The van der Waals surface area contributed by atoms with Gasteiger partial charge in [-0.05, 0) is 56.7 Å². The van der Waals surface area contributed by atoms with Crippen molar-refractivity contribution >= 4 is 18.0 Å². The molecule has 25 heavy (non-hydrogen) atoms. The largest absolute Gasteiger partial charge is 0.461 e. The Morgan fingerprint density at radius 1 is 1.36 bits per heavy atom. The number of amides is 1. The molecule has 1 aromatic carbocycles. The third kappa shape index (κ3) is 5.99. The zero-order chi connectivity index (χ0) is 19.0. The summed E-state index contributed by atoms with van der Waals surface area (Å²) in [4.78, 5) is 23.4. The van der Waals surface area contributed by atoms with Gasteiger partial charge in [-0.3, -0.25) is 20.1 Å². The molecule has 1 aromatic rings. The summed E-state index contributed by atoms with van der Waals surface area (Å²) in [6, 6.07) is 7.40. The first-order valence-corrected chi connectivity index (χ1v) is 8.43. The Balaban J connectivity index is 1.91. The maximum atomic E-state index is 12.4. The van der Waals surface area contributed by atoms with Gasteiger partial charge in [0, 0.05) is 14.0 Å². The number of nitrogens with one attached hydrogen (secondary N) is 2. The second-order valence-electron chi connectivity index (χ2n) is 6.55. The molecule has 0 unspecified atom stereocenters. The molecule has 2 rings (SSSR count). The first-order chi connectivity index (χ1) is 12.5. The number of benzene rings is 1. The standard InChI is InChI=1S/C19H26N2O4/c1-19(2,18(23)25-16-5-3-4-6-16)20-13-15-9-7-14(8-10-15)11-12-17(22)21-24/h7-12,16,20,24H,3-6,13H2,1-2H3,(H,21,22)/b12-11+/i1D/t19-/m0/s1. The second-order valence-corrected chi connectivity index (χ2v) is 6.55. The van der Waals surface area contributed by atoms with E-state index in [0.717, 1.165) is 36.8 Å². The fraction of sp³-hybridized carbons (Fsp3) is 0.474. The number of carbonyl (C=O) groups excluding carboxylic acids is 2. The van der Waals surface area contributed by atoms with Gasteiger partial charge in [0.05, 0.1) is 0 Å². The topological polar surface area (TPSA) is 87.7 Å². The van der Waals surface area contributed by atoms with Gasteiger partial charge in [0.25, 0.3) is 5.91 Å². The van der Waals surface area contributed by atoms with Gasteiger partial charge in [-0.25, -0.2) is 5.48 Å². The third-order valence-corrected chi connectivity index (χ3v) is 4.23. The van der Waals surface area contributed by atoms with E-state index in [2.05, 4.69) is 5.32 Å². The van der Waals surface area contributed by atoms with Gasteiger partial charge in [0.2, 0.25) is 0 Å². The molecule has 0 saturated heterocycles. The summed E-state index contributed by atoms with van der Waals surface area (Å²) in [5, 5.41) is 11.6. The molecule has 0 aliphatic heterocycles. The minimum atomic E-state index is -1.04. The van der Waals surface area contributed by atoms with Crippen LogP contribution in [0.4, 0.5) is 0 Å². The maximum Gasteiger partial charge on any atom is 0.326 e. The number of hydroxylamine groups is 1. The Bertz CT molecular complexity index is 641. The predicted molar refractivity (Wildman–Crippen MR) is 94.7 cm³/mol. The van der Waals surface area contributed by atoms with Crippen molar-refractivity contribution in [2.45, 2.75) is 57.7 Å². The van der Waals surface area contributed by atoms with Crippen LogP contribution in [0.25, 0.3) is 6.08 Å². The minimum Gasteiger partial charge on any atom is -0.461 e. The number of ether oxygens (including phenoxy) is 1. The summed E-state index contributed by atoms with van der Waals surface area (Å²) in [5.41, 5.74) is 2.24. The predicted octanol–water partition coefficient (Wildman–Crippen LogP) is 2.56. The zero-order valence-electron chi connectivity index (χ0n) is 15.5. The van der Waals surface area contributed by atoms with Crippen LogP contribution in [0.5, 0.6) is 0 Å². The molecule has 0 heterocycles. The lowest BCUT2D eigenvalue weighted by Crippen LogP contribution is -2.48. The number of carbonyl (C=O) groups is 2. The van der Waals surface area contributed by atoms with Gasteiger partial charge in [0.15, 0.2) is 0 Å². The Morgan fingerprint density at radius 3 is 2.64 bits per heavy atom. The molecule has 1 atom stereocenters. The Hall–Kier alpha value is -2.18. The molecule has 1 fully saturated rings. The van der Waals surface area contributed by atoms with Crippen molar-refractivity contribution in [3.05, 3.63) is 41.5 Å². The minimum absolute atomic E-state index is 0.0163. The molecule has 1 amide bonds. The summed E-state index contributed by atoms with van der Waals surface area (Å²) in [7, 11) is 0. The van der Waals surface area contributed by atoms with Gasteiger partial charge in [0.1, 0.15) is 11.6 Å². The van der Waals surface area contributed by atoms with Crippen LogP contribution in [-0.4, -0.2) is 28.7 Å². The van der Waals surface area contributed by atoms with Gasteiger partial charge in [-0.1, -0.05) is 24.3 Å². The SMILES string of the molecule is [2H]C[C@@](C)(NCc1ccc(/C=C/C(=O)NO)cc1)C(=O)OC1CCCC1. The van der Waals surface area contributed by atoms with E-state index in [1.807, 2.05) is 24.3 Å². The highest BCUT2D eigenvalue weighted by Crippen LogP contribution is 2.22. The molecule has 0 bridgehead atoms. The summed E-state index contributed by atoms with van der Waals surface area (Å²) >= 11 is 0. The lowest BCUT2D eigenvalue weighted by molar-refractivity contribution is -0.155. The molecule has 3 N–H and O–H groups in total. The number of hydrogen-bond acceptors (Lipinski definition) is 5. The molecule has 1 aliphatic rings. The van der Waals surface area contributed by atoms with Crippen molar-refractivity contribution in [3.8, 4) is 0 Å². The Morgan fingerprint density at radius 2 is 2.04 bits per heavy atom. The Labute approximate surface area is 149 Å². The second kappa shape index (κ2) is 8.78. The van der Waals surface area contributed by atoms with Crippen molar-refractivity contribution in [1.29, 1.82) is 0 Å². The molecule has 0 spiro atoms. The van der Waals surface area contributed by atoms with E-state index in [4.69, 9.17) is 11.3 Å². The van der Waals surface area contributed by atoms with Crippen LogP contribution in [-0.2, 0) is 20.9 Å². The highest BCUT2D eigenvalue weighted by Gasteiger charge is 2.31. The van der Waals surface area contributed by atoms with Crippen LogP contribution in [0.15, 0.2) is 30.3 Å². The number of rotatable bonds is 7. The monoisotopic (exact) mass is 347 g/mol. The van der Waals surface area contributed by atoms with Gasteiger partial charge in [-0.15, -0.1) is 0 Å². The molecule has 1 saturated carbocycles. The maximum absolute atomic E-state index is 12.4.